The highest BCUT2D eigenvalue weighted by molar-refractivity contribution is 6.37. The quantitative estimate of drug-likeness (QED) is 0.532. The number of primary amides is 1. The van der Waals surface area contributed by atoms with Crippen molar-refractivity contribution >= 4 is 34.5 Å². The Labute approximate surface area is 179 Å². The van der Waals surface area contributed by atoms with Gasteiger partial charge >= 0.3 is 0 Å². The Morgan fingerprint density at radius 1 is 0.903 bits per heavy atom. The number of fused-ring (bicyclic) bond motifs is 1. The van der Waals surface area contributed by atoms with E-state index >= 15 is 0 Å². The molecule has 0 saturated heterocycles. The number of nitrogens with one attached hydrogen (secondary N) is 2. The minimum absolute atomic E-state index is 0.245. The average molecular weight is 415 g/mol. The summed E-state index contributed by atoms with van der Waals surface area (Å²) in [5, 5.41) is 6.24. The number of nitrogens with two attached hydrogens (primary N) is 1. The maximum absolute atomic E-state index is 13.0. The van der Waals surface area contributed by atoms with Gasteiger partial charge in [-0.1, -0.05) is 30.3 Å². The zero-order valence-corrected chi connectivity index (χ0v) is 17.1. The van der Waals surface area contributed by atoms with Gasteiger partial charge < -0.3 is 25.8 Å². The van der Waals surface area contributed by atoms with Crippen molar-refractivity contribution in [3.05, 3.63) is 83.4 Å². The van der Waals surface area contributed by atoms with E-state index < -0.39 is 5.91 Å². The molecular weight excluding hydrogens is 394 g/mol. The molecule has 0 unspecified atom stereocenters. The van der Waals surface area contributed by atoms with Crippen molar-refractivity contribution < 1.29 is 19.1 Å². The van der Waals surface area contributed by atoms with Crippen LogP contribution in [0, 0.1) is 0 Å². The summed E-state index contributed by atoms with van der Waals surface area (Å²) < 4.78 is 10.8. The van der Waals surface area contributed by atoms with Gasteiger partial charge in [-0.2, -0.15) is 0 Å². The fourth-order valence-electron chi connectivity index (χ4n) is 3.49. The molecule has 1 aliphatic rings. The van der Waals surface area contributed by atoms with Gasteiger partial charge in [0.2, 0.25) is 5.91 Å². The molecule has 3 aromatic rings. The van der Waals surface area contributed by atoms with Gasteiger partial charge in [0.1, 0.15) is 0 Å². The lowest BCUT2D eigenvalue weighted by Gasteiger charge is -2.15. The molecule has 7 heteroatoms. The second-order valence-electron chi connectivity index (χ2n) is 6.89. The number of rotatable bonds is 6. The summed E-state index contributed by atoms with van der Waals surface area (Å²) in [5.41, 5.74) is 9.70. The van der Waals surface area contributed by atoms with Crippen LogP contribution in [0.2, 0.25) is 0 Å². The molecule has 31 heavy (non-hydrogen) atoms. The predicted molar refractivity (Wildman–Crippen MR) is 120 cm³/mol. The SMILES string of the molecule is COc1cc2c(cc1OC)/C(=C(/Nc1ccc(C(N)=O)cc1)c1ccccc1)C(=O)N2. The molecule has 7 nitrogen and oxygen atoms in total. The maximum atomic E-state index is 13.0. The highest BCUT2D eigenvalue weighted by atomic mass is 16.5. The van der Waals surface area contributed by atoms with E-state index in [-0.39, 0.29) is 5.91 Å². The minimum Gasteiger partial charge on any atom is -0.493 e. The molecule has 4 rings (SSSR count). The van der Waals surface area contributed by atoms with E-state index in [1.54, 1.807) is 50.6 Å². The Balaban J connectivity index is 1.88. The van der Waals surface area contributed by atoms with Gasteiger partial charge in [-0.3, -0.25) is 9.59 Å². The Morgan fingerprint density at radius 2 is 1.55 bits per heavy atom. The van der Waals surface area contributed by atoms with E-state index in [2.05, 4.69) is 10.6 Å². The van der Waals surface area contributed by atoms with Crippen molar-refractivity contribution in [1.82, 2.24) is 0 Å². The molecule has 0 radical (unpaired) electrons. The molecule has 0 atom stereocenters. The van der Waals surface area contributed by atoms with Crippen molar-refractivity contribution in [2.45, 2.75) is 0 Å². The van der Waals surface area contributed by atoms with E-state index in [1.165, 1.54) is 0 Å². The van der Waals surface area contributed by atoms with Crippen molar-refractivity contribution in [2.24, 2.45) is 5.73 Å². The first-order valence-corrected chi connectivity index (χ1v) is 9.56. The van der Waals surface area contributed by atoms with Crippen LogP contribution >= 0.6 is 0 Å². The summed E-state index contributed by atoms with van der Waals surface area (Å²) in [5.74, 6) is 0.302. The summed E-state index contributed by atoms with van der Waals surface area (Å²) in [6.07, 6.45) is 0. The van der Waals surface area contributed by atoms with Gasteiger partial charge in [0.05, 0.1) is 31.2 Å². The second kappa shape index (κ2) is 8.23. The molecule has 0 saturated carbocycles. The summed E-state index contributed by atoms with van der Waals surface area (Å²) in [7, 11) is 3.10. The van der Waals surface area contributed by atoms with Gasteiger partial charge in [0.25, 0.3) is 5.91 Å². The summed E-state index contributed by atoms with van der Waals surface area (Å²) in [4.78, 5) is 24.4. The number of carbonyl (C=O) groups excluding carboxylic acids is 2. The molecular formula is C24H21N3O4. The molecule has 1 heterocycles. The first-order chi connectivity index (χ1) is 15.0. The van der Waals surface area contributed by atoms with Crippen LogP contribution in [0.1, 0.15) is 21.5 Å². The van der Waals surface area contributed by atoms with Crippen LogP contribution in [-0.4, -0.2) is 26.0 Å². The van der Waals surface area contributed by atoms with E-state index in [0.717, 1.165) is 5.56 Å². The van der Waals surface area contributed by atoms with E-state index in [4.69, 9.17) is 15.2 Å². The van der Waals surface area contributed by atoms with Gasteiger partial charge in [-0.25, -0.2) is 0 Å². The van der Waals surface area contributed by atoms with E-state index in [0.29, 0.717) is 45.3 Å². The fraction of sp³-hybridized carbons (Fsp3) is 0.0833. The number of carbonyl (C=O) groups is 2. The topological polar surface area (TPSA) is 103 Å². The lowest BCUT2D eigenvalue weighted by atomic mass is 9.99. The lowest BCUT2D eigenvalue weighted by Crippen LogP contribution is -2.11. The average Bonchev–Trinajstić information content (AvgIpc) is 3.11. The molecule has 0 aromatic heterocycles. The van der Waals surface area contributed by atoms with Gasteiger partial charge in [-0.15, -0.1) is 0 Å². The zero-order valence-electron chi connectivity index (χ0n) is 17.1. The van der Waals surface area contributed by atoms with Crippen molar-refractivity contribution in [2.75, 3.05) is 24.9 Å². The largest absolute Gasteiger partial charge is 0.493 e. The number of methoxy groups -OCH3 is 2. The monoisotopic (exact) mass is 415 g/mol. The van der Waals surface area contributed by atoms with Crippen LogP contribution in [0.5, 0.6) is 11.5 Å². The van der Waals surface area contributed by atoms with Gasteiger partial charge in [0.15, 0.2) is 11.5 Å². The lowest BCUT2D eigenvalue weighted by molar-refractivity contribution is -0.110. The first-order valence-electron chi connectivity index (χ1n) is 9.56. The zero-order chi connectivity index (χ0) is 22.0. The van der Waals surface area contributed by atoms with Crippen LogP contribution in [-0.2, 0) is 4.79 Å². The molecule has 4 N–H and O–H groups in total. The van der Waals surface area contributed by atoms with Crippen molar-refractivity contribution in [3.63, 3.8) is 0 Å². The van der Waals surface area contributed by atoms with Crippen LogP contribution in [0.3, 0.4) is 0 Å². The summed E-state index contributed by atoms with van der Waals surface area (Å²) >= 11 is 0. The predicted octanol–water partition coefficient (Wildman–Crippen LogP) is 3.74. The molecule has 156 valence electrons. The third kappa shape index (κ3) is 3.81. The van der Waals surface area contributed by atoms with Crippen LogP contribution in [0.15, 0.2) is 66.7 Å². The van der Waals surface area contributed by atoms with Crippen LogP contribution < -0.4 is 25.8 Å². The number of hydrogen-bond donors (Lipinski definition) is 3. The Bertz CT molecular complexity index is 1190. The number of ether oxygens (including phenoxy) is 2. The molecule has 2 amide bonds. The van der Waals surface area contributed by atoms with Crippen LogP contribution in [0.4, 0.5) is 11.4 Å². The van der Waals surface area contributed by atoms with E-state index in [9.17, 15) is 9.59 Å². The third-order valence-electron chi connectivity index (χ3n) is 5.02. The Kier molecular flexibility index (Phi) is 5.32. The smallest absolute Gasteiger partial charge is 0.258 e. The molecule has 0 fully saturated rings. The maximum Gasteiger partial charge on any atom is 0.258 e. The normalized spacial score (nSPS) is 13.8. The Morgan fingerprint density at radius 3 is 2.16 bits per heavy atom. The number of anilines is 2. The highest BCUT2D eigenvalue weighted by Crippen LogP contribution is 2.43. The molecule has 0 bridgehead atoms. The molecule has 0 spiro atoms. The minimum atomic E-state index is -0.502. The van der Waals surface area contributed by atoms with Crippen LogP contribution in [0.25, 0.3) is 11.3 Å². The van der Waals surface area contributed by atoms with Gasteiger partial charge in [-0.05, 0) is 35.9 Å². The fourth-order valence-corrected chi connectivity index (χ4v) is 3.49. The van der Waals surface area contributed by atoms with Crippen molar-refractivity contribution in [3.8, 4) is 11.5 Å². The van der Waals surface area contributed by atoms with Crippen molar-refractivity contribution in [1.29, 1.82) is 0 Å². The number of benzene rings is 3. The second-order valence-corrected chi connectivity index (χ2v) is 6.89. The number of amides is 2. The molecule has 3 aromatic carbocycles. The summed E-state index contributed by atoms with van der Waals surface area (Å²) in [6.45, 7) is 0. The summed E-state index contributed by atoms with van der Waals surface area (Å²) in [6, 6.07) is 19.8. The standard InChI is InChI=1S/C24H21N3O4/c1-30-19-12-17-18(13-20(19)31-2)27-24(29)21(17)22(14-6-4-3-5-7-14)26-16-10-8-15(9-11-16)23(25)28/h3-13,26H,1-2H3,(H2,25,28)(H,27,29)/b22-21-. The van der Waals surface area contributed by atoms with E-state index in [1.807, 2.05) is 30.3 Å². The first kappa shape index (κ1) is 20.0. The highest BCUT2D eigenvalue weighted by Gasteiger charge is 2.30. The molecule has 1 aliphatic heterocycles. The third-order valence-corrected chi connectivity index (χ3v) is 5.02. The number of hydrogen-bond acceptors (Lipinski definition) is 5. The molecule has 0 aliphatic carbocycles. The Hall–Kier alpha value is -4.26. The van der Waals surface area contributed by atoms with Gasteiger partial charge in [0, 0.05) is 22.9 Å².